The molecule has 19 heavy (non-hydrogen) atoms. The van der Waals surface area contributed by atoms with Gasteiger partial charge in [-0.1, -0.05) is 0 Å². The van der Waals surface area contributed by atoms with Crippen molar-refractivity contribution in [1.29, 1.82) is 0 Å². The molecule has 1 aliphatic heterocycles. The van der Waals surface area contributed by atoms with E-state index in [2.05, 4.69) is 4.98 Å². The third-order valence-corrected chi connectivity index (χ3v) is 7.12. The Balaban J connectivity index is 2.27. The summed E-state index contributed by atoms with van der Waals surface area (Å²) in [6.07, 6.45) is 1.88. The first-order valence-corrected chi connectivity index (χ1v) is 8.78. The number of piperidine rings is 1. The molecule has 0 aliphatic carbocycles. The van der Waals surface area contributed by atoms with E-state index in [0.717, 1.165) is 17.8 Å². The Bertz CT molecular complexity index is 551. The van der Waals surface area contributed by atoms with Crippen LogP contribution in [-0.4, -0.2) is 36.8 Å². The molecule has 2 rings (SSSR count). The number of rotatable bonds is 3. The van der Waals surface area contributed by atoms with Crippen LogP contribution >= 0.6 is 11.3 Å². The monoisotopic (exact) mass is 303 g/mol. The van der Waals surface area contributed by atoms with Gasteiger partial charge in [-0.2, -0.15) is 4.31 Å². The van der Waals surface area contributed by atoms with Gasteiger partial charge >= 0.3 is 0 Å². The molecule has 2 N–H and O–H groups in total. The minimum atomic E-state index is -3.40. The zero-order valence-corrected chi connectivity index (χ0v) is 13.2. The summed E-state index contributed by atoms with van der Waals surface area (Å²) in [5, 5.41) is 0.789. The lowest BCUT2D eigenvalue weighted by molar-refractivity contribution is 0.243. The number of aryl methyl sites for hydroxylation is 2. The fourth-order valence-corrected chi connectivity index (χ4v) is 5.64. The van der Waals surface area contributed by atoms with E-state index >= 15 is 0 Å². The van der Waals surface area contributed by atoms with Crippen LogP contribution in [0, 0.1) is 19.8 Å². The third kappa shape index (κ3) is 2.99. The smallest absolute Gasteiger partial charge is 0.254 e. The van der Waals surface area contributed by atoms with E-state index < -0.39 is 10.0 Å². The molecule has 1 saturated heterocycles. The van der Waals surface area contributed by atoms with Gasteiger partial charge in [0.25, 0.3) is 10.0 Å². The number of hydrogen-bond donors (Lipinski definition) is 1. The van der Waals surface area contributed by atoms with Gasteiger partial charge in [0, 0.05) is 19.1 Å². The molecular weight excluding hydrogens is 282 g/mol. The van der Waals surface area contributed by atoms with Crippen molar-refractivity contribution in [2.45, 2.75) is 43.9 Å². The summed E-state index contributed by atoms with van der Waals surface area (Å²) in [6, 6.07) is 0.0299. The van der Waals surface area contributed by atoms with Gasteiger partial charge in [-0.05, 0) is 39.5 Å². The normalized spacial score (nSPS) is 23.5. The van der Waals surface area contributed by atoms with Crippen molar-refractivity contribution in [1.82, 2.24) is 9.29 Å². The molecule has 108 valence electrons. The third-order valence-electron chi connectivity index (χ3n) is 3.60. The number of aromatic nitrogens is 1. The van der Waals surface area contributed by atoms with Gasteiger partial charge in [0.15, 0.2) is 4.21 Å². The summed E-state index contributed by atoms with van der Waals surface area (Å²) >= 11 is 1.25. The van der Waals surface area contributed by atoms with Gasteiger partial charge in [0.2, 0.25) is 0 Å². The largest absolute Gasteiger partial charge is 0.328 e. The van der Waals surface area contributed by atoms with Gasteiger partial charge in [0.05, 0.1) is 10.7 Å². The van der Waals surface area contributed by atoms with Crippen LogP contribution < -0.4 is 5.73 Å². The van der Waals surface area contributed by atoms with Crippen molar-refractivity contribution in [2.75, 3.05) is 13.1 Å². The molecule has 5 nitrogen and oxygen atoms in total. The number of sulfonamides is 1. The second-order valence-corrected chi connectivity index (χ2v) is 8.57. The Morgan fingerprint density at radius 1 is 1.47 bits per heavy atom. The molecule has 1 aromatic heterocycles. The molecule has 1 aliphatic rings. The molecule has 0 unspecified atom stereocenters. The molecule has 0 saturated carbocycles. The molecule has 7 heteroatoms. The van der Waals surface area contributed by atoms with Gasteiger partial charge in [-0.25, -0.2) is 13.4 Å². The maximum Gasteiger partial charge on any atom is 0.254 e. The Kier molecular flexibility index (Phi) is 4.29. The van der Waals surface area contributed by atoms with E-state index in [9.17, 15) is 8.42 Å². The van der Waals surface area contributed by atoms with Crippen LogP contribution in [0.5, 0.6) is 0 Å². The Morgan fingerprint density at radius 3 is 2.68 bits per heavy atom. The SMILES string of the molecule is Cc1nc(C)c(S(=O)(=O)N2CCC[C@H]([C@H](C)N)C2)s1. The molecule has 2 heterocycles. The highest BCUT2D eigenvalue weighted by atomic mass is 32.2. The van der Waals surface area contributed by atoms with E-state index in [1.807, 2.05) is 13.8 Å². The van der Waals surface area contributed by atoms with Gasteiger partial charge < -0.3 is 5.73 Å². The molecule has 0 aromatic carbocycles. The Hall–Kier alpha value is -0.500. The Labute approximate surface area is 118 Å². The van der Waals surface area contributed by atoms with Crippen molar-refractivity contribution >= 4 is 21.4 Å². The summed E-state index contributed by atoms with van der Waals surface area (Å²) in [5.41, 5.74) is 6.52. The van der Waals surface area contributed by atoms with Crippen molar-refractivity contribution in [2.24, 2.45) is 11.7 Å². The first kappa shape index (κ1) is 14.9. The van der Waals surface area contributed by atoms with Crippen LogP contribution in [0.4, 0.5) is 0 Å². The van der Waals surface area contributed by atoms with Gasteiger partial charge in [-0.3, -0.25) is 0 Å². The molecule has 0 spiro atoms. The van der Waals surface area contributed by atoms with Crippen LogP contribution in [0.25, 0.3) is 0 Å². The van der Waals surface area contributed by atoms with E-state index in [0.29, 0.717) is 23.0 Å². The number of nitrogens with two attached hydrogens (primary N) is 1. The zero-order chi connectivity index (χ0) is 14.2. The molecule has 0 radical (unpaired) electrons. The minimum Gasteiger partial charge on any atom is -0.328 e. The predicted octanol–water partition coefficient (Wildman–Crippen LogP) is 1.51. The van der Waals surface area contributed by atoms with Crippen LogP contribution in [-0.2, 0) is 10.0 Å². The first-order chi connectivity index (χ1) is 8.82. The van der Waals surface area contributed by atoms with Gasteiger partial charge in [0.1, 0.15) is 0 Å². The molecule has 0 amide bonds. The first-order valence-electron chi connectivity index (χ1n) is 6.52. The maximum atomic E-state index is 12.6. The minimum absolute atomic E-state index is 0.0299. The standard InChI is InChI=1S/C12H21N3O2S2/c1-8(13)11-5-4-6-15(7-11)19(16,17)12-9(2)14-10(3)18-12/h8,11H,4-7,13H2,1-3H3/t8-,11-/m0/s1. The molecular formula is C12H21N3O2S2. The van der Waals surface area contributed by atoms with Crippen LogP contribution in [0.1, 0.15) is 30.5 Å². The maximum absolute atomic E-state index is 12.6. The highest BCUT2D eigenvalue weighted by Gasteiger charge is 2.33. The van der Waals surface area contributed by atoms with E-state index in [-0.39, 0.29) is 12.0 Å². The number of thiazole rings is 1. The van der Waals surface area contributed by atoms with Crippen LogP contribution in [0.2, 0.25) is 0 Å². The van der Waals surface area contributed by atoms with Crippen molar-refractivity contribution in [3.63, 3.8) is 0 Å². The second-order valence-electron chi connectivity index (χ2n) is 5.23. The second kappa shape index (κ2) is 5.47. The summed E-state index contributed by atoms with van der Waals surface area (Å²) < 4.78 is 27.2. The zero-order valence-electron chi connectivity index (χ0n) is 11.6. The lowest BCUT2D eigenvalue weighted by Crippen LogP contribution is -2.44. The van der Waals surface area contributed by atoms with Crippen molar-refractivity contribution < 1.29 is 8.42 Å². The summed E-state index contributed by atoms with van der Waals surface area (Å²) in [4.78, 5) is 4.21. The summed E-state index contributed by atoms with van der Waals surface area (Å²) in [5.74, 6) is 0.248. The highest BCUT2D eigenvalue weighted by Crippen LogP contribution is 2.30. The van der Waals surface area contributed by atoms with E-state index in [1.54, 1.807) is 11.2 Å². The average Bonchev–Trinajstić information content (AvgIpc) is 2.69. The van der Waals surface area contributed by atoms with E-state index in [1.165, 1.54) is 11.3 Å². The molecule has 1 fully saturated rings. The molecule has 2 atom stereocenters. The topological polar surface area (TPSA) is 76.3 Å². The quantitative estimate of drug-likeness (QED) is 0.918. The number of hydrogen-bond acceptors (Lipinski definition) is 5. The Morgan fingerprint density at radius 2 is 2.16 bits per heavy atom. The fourth-order valence-electron chi connectivity index (χ4n) is 2.49. The van der Waals surface area contributed by atoms with E-state index in [4.69, 9.17) is 5.73 Å². The van der Waals surface area contributed by atoms with Crippen molar-refractivity contribution in [3.05, 3.63) is 10.7 Å². The molecule has 0 bridgehead atoms. The predicted molar refractivity (Wildman–Crippen MR) is 76.7 cm³/mol. The lowest BCUT2D eigenvalue weighted by atomic mass is 9.93. The summed E-state index contributed by atoms with van der Waals surface area (Å²) in [7, 11) is -3.40. The van der Waals surface area contributed by atoms with Crippen molar-refractivity contribution in [3.8, 4) is 0 Å². The van der Waals surface area contributed by atoms with Crippen LogP contribution in [0.3, 0.4) is 0 Å². The van der Waals surface area contributed by atoms with Gasteiger partial charge in [-0.15, -0.1) is 11.3 Å². The fraction of sp³-hybridized carbons (Fsp3) is 0.750. The lowest BCUT2D eigenvalue weighted by Gasteiger charge is -2.33. The number of nitrogens with zero attached hydrogens (tertiary/aromatic N) is 2. The highest BCUT2D eigenvalue weighted by molar-refractivity contribution is 7.91. The molecule has 1 aromatic rings. The average molecular weight is 303 g/mol. The summed E-state index contributed by atoms with van der Waals surface area (Å²) in [6.45, 7) is 6.64. The van der Waals surface area contributed by atoms with Crippen LogP contribution in [0.15, 0.2) is 4.21 Å².